The maximum absolute atomic E-state index is 14.6. The number of aliphatic hydroxyl groups is 1. The third-order valence-electron chi connectivity index (χ3n) is 6.63. The third-order valence-corrected chi connectivity index (χ3v) is 6.63. The maximum atomic E-state index is 14.6. The first-order valence-electron chi connectivity index (χ1n) is 11.8. The average Bonchev–Trinajstić information content (AvgIpc) is 3.63. The first-order chi connectivity index (χ1) is 17.5. The van der Waals surface area contributed by atoms with Gasteiger partial charge >= 0.3 is 0 Å². The summed E-state index contributed by atoms with van der Waals surface area (Å²) in [6, 6.07) is 8.51. The van der Waals surface area contributed by atoms with Crippen LogP contribution in [0.25, 0.3) is 28.3 Å². The second-order valence-electron chi connectivity index (χ2n) is 8.94. The Balaban J connectivity index is 1.14. The molecule has 12 heteroatoms. The predicted molar refractivity (Wildman–Crippen MR) is 132 cm³/mol. The SMILES string of the molecule is CC(O)c1ccc(N2CCN(CCn3ncc4c3nc(N)n3nc(-c5ccco5)nc43)CC2)c(F)c1. The zero-order valence-corrected chi connectivity index (χ0v) is 19.7. The summed E-state index contributed by atoms with van der Waals surface area (Å²) in [6.45, 7) is 6.05. The van der Waals surface area contributed by atoms with Gasteiger partial charge in [0.25, 0.3) is 0 Å². The lowest BCUT2D eigenvalue weighted by Gasteiger charge is -2.36. The standard InChI is InChI=1S/C24H26FN9O2/c1-15(35)16-4-5-19(18(25)13-16)32-9-6-31(7-10-32)8-11-33-22-17(14-27-33)23-28-21(20-3-2-12-36-20)30-34(23)24(26)29-22/h2-5,12-15,35H,6-11H2,1H3,(H2,26,29). The minimum Gasteiger partial charge on any atom is -0.461 e. The van der Waals surface area contributed by atoms with Gasteiger partial charge in [-0.2, -0.15) is 14.6 Å². The van der Waals surface area contributed by atoms with E-state index in [4.69, 9.17) is 10.2 Å². The topological polar surface area (TPSA) is 127 Å². The van der Waals surface area contributed by atoms with Crippen LogP contribution >= 0.6 is 0 Å². The van der Waals surface area contributed by atoms with Crippen LogP contribution < -0.4 is 10.6 Å². The molecule has 0 amide bonds. The first kappa shape index (κ1) is 22.4. The largest absolute Gasteiger partial charge is 0.461 e. The number of hydrogen-bond donors (Lipinski definition) is 2. The van der Waals surface area contributed by atoms with Crippen LogP contribution in [0.2, 0.25) is 0 Å². The number of rotatable bonds is 6. The zero-order chi connectivity index (χ0) is 24.8. The van der Waals surface area contributed by atoms with Crippen LogP contribution in [0.15, 0.2) is 47.2 Å². The molecular formula is C24H26FN9O2. The zero-order valence-electron chi connectivity index (χ0n) is 19.7. The summed E-state index contributed by atoms with van der Waals surface area (Å²) in [7, 11) is 0. The van der Waals surface area contributed by atoms with Crippen LogP contribution in [0, 0.1) is 5.82 Å². The second kappa shape index (κ2) is 8.88. The van der Waals surface area contributed by atoms with Gasteiger partial charge in [-0.05, 0) is 36.8 Å². The maximum Gasteiger partial charge on any atom is 0.225 e. The number of fused-ring (bicyclic) bond motifs is 3. The first-order valence-corrected chi connectivity index (χ1v) is 11.8. The Bertz CT molecular complexity index is 1520. The predicted octanol–water partition coefficient (Wildman–Crippen LogP) is 2.33. The molecule has 6 rings (SSSR count). The smallest absolute Gasteiger partial charge is 0.225 e. The van der Waals surface area contributed by atoms with Crippen LogP contribution in [-0.2, 0) is 6.54 Å². The van der Waals surface area contributed by atoms with Gasteiger partial charge in [-0.1, -0.05) is 6.07 Å². The number of hydrogen-bond acceptors (Lipinski definition) is 9. The van der Waals surface area contributed by atoms with Gasteiger partial charge < -0.3 is 20.2 Å². The Labute approximate surface area is 205 Å². The van der Waals surface area contributed by atoms with Crippen molar-refractivity contribution in [1.82, 2.24) is 34.3 Å². The van der Waals surface area contributed by atoms with Crippen LogP contribution in [0.4, 0.5) is 16.0 Å². The summed E-state index contributed by atoms with van der Waals surface area (Å²) in [4.78, 5) is 13.5. The number of halogens is 1. The lowest BCUT2D eigenvalue weighted by molar-refractivity contribution is 0.199. The van der Waals surface area contributed by atoms with Gasteiger partial charge in [0.05, 0.1) is 36.2 Å². The number of benzene rings is 1. The van der Waals surface area contributed by atoms with Gasteiger partial charge in [0, 0.05) is 32.7 Å². The van der Waals surface area contributed by atoms with E-state index in [1.807, 2.05) is 9.58 Å². The molecule has 0 aliphatic carbocycles. The molecule has 1 fully saturated rings. The Kier molecular flexibility index (Phi) is 5.53. The number of nitrogens with two attached hydrogens (primary N) is 1. The van der Waals surface area contributed by atoms with Crippen LogP contribution in [0.3, 0.4) is 0 Å². The van der Waals surface area contributed by atoms with Crippen molar-refractivity contribution < 1.29 is 13.9 Å². The highest BCUT2D eigenvalue weighted by Gasteiger charge is 2.21. The van der Waals surface area contributed by atoms with E-state index in [1.165, 1.54) is 10.6 Å². The van der Waals surface area contributed by atoms with E-state index >= 15 is 0 Å². The molecule has 1 aliphatic rings. The highest BCUT2D eigenvalue weighted by molar-refractivity contribution is 5.90. The summed E-state index contributed by atoms with van der Waals surface area (Å²) in [5.74, 6) is 0.908. The number of nitrogen functional groups attached to an aromatic ring is 1. The van der Waals surface area contributed by atoms with E-state index in [2.05, 4.69) is 25.1 Å². The molecule has 1 atom stereocenters. The molecule has 1 unspecified atom stereocenters. The molecule has 186 valence electrons. The Hall–Kier alpha value is -4.03. The van der Waals surface area contributed by atoms with E-state index in [-0.39, 0.29) is 11.8 Å². The van der Waals surface area contributed by atoms with Gasteiger partial charge in [0.1, 0.15) is 5.82 Å². The van der Waals surface area contributed by atoms with Gasteiger partial charge in [-0.25, -0.2) is 14.1 Å². The number of piperazine rings is 1. The van der Waals surface area contributed by atoms with Crippen molar-refractivity contribution in [3.8, 4) is 11.6 Å². The molecular weight excluding hydrogens is 465 g/mol. The van der Waals surface area contributed by atoms with Crippen LogP contribution in [0.5, 0.6) is 0 Å². The highest BCUT2D eigenvalue weighted by atomic mass is 19.1. The fourth-order valence-corrected chi connectivity index (χ4v) is 4.62. The number of aromatic nitrogens is 6. The van der Waals surface area contributed by atoms with E-state index in [1.54, 1.807) is 43.6 Å². The molecule has 1 aliphatic heterocycles. The molecule has 1 aromatic carbocycles. The number of nitrogens with zero attached hydrogens (tertiary/aromatic N) is 8. The summed E-state index contributed by atoms with van der Waals surface area (Å²) < 4.78 is 23.3. The highest BCUT2D eigenvalue weighted by Crippen LogP contribution is 2.25. The van der Waals surface area contributed by atoms with Gasteiger partial charge in [-0.3, -0.25) is 4.90 Å². The Morgan fingerprint density at radius 1 is 1.11 bits per heavy atom. The fraction of sp³-hybridized carbons (Fsp3) is 0.333. The molecule has 0 radical (unpaired) electrons. The minimum atomic E-state index is -0.687. The van der Waals surface area contributed by atoms with E-state index in [0.29, 0.717) is 53.8 Å². The van der Waals surface area contributed by atoms with Crippen molar-refractivity contribution in [3.05, 3.63) is 54.2 Å². The Morgan fingerprint density at radius 2 is 1.94 bits per heavy atom. The number of anilines is 2. The molecule has 5 heterocycles. The van der Waals surface area contributed by atoms with Crippen molar-refractivity contribution in [1.29, 1.82) is 0 Å². The molecule has 3 N–H and O–H groups in total. The molecule has 36 heavy (non-hydrogen) atoms. The second-order valence-corrected chi connectivity index (χ2v) is 8.94. The lowest BCUT2D eigenvalue weighted by Crippen LogP contribution is -2.47. The number of aliphatic hydroxyl groups excluding tert-OH is 1. The van der Waals surface area contributed by atoms with Gasteiger partial charge in [-0.15, -0.1) is 5.10 Å². The van der Waals surface area contributed by atoms with Crippen LogP contribution in [-0.4, -0.2) is 72.1 Å². The molecule has 0 spiro atoms. The van der Waals surface area contributed by atoms with Crippen molar-refractivity contribution >= 4 is 28.3 Å². The molecule has 0 bridgehead atoms. The molecule has 4 aromatic heterocycles. The average molecular weight is 492 g/mol. The summed E-state index contributed by atoms with van der Waals surface area (Å²) in [5.41, 5.74) is 8.56. The summed E-state index contributed by atoms with van der Waals surface area (Å²) in [5, 5.41) is 19.4. The van der Waals surface area contributed by atoms with Crippen molar-refractivity contribution in [2.45, 2.75) is 19.6 Å². The van der Waals surface area contributed by atoms with Gasteiger partial charge in [0.15, 0.2) is 17.1 Å². The molecule has 5 aromatic rings. The van der Waals surface area contributed by atoms with Crippen molar-refractivity contribution in [3.63, 3.8) is 0 Å². The van der Waals surface area contributed by atoms with E-state index in [9.17, 15) is 9.50 Å². The number of furan rings is 1. The summed E-state index contributed by atoms with van der Waals surface area (Å²) >= 11 is 0. The Morgan fingerprint density at radius 3 is 2.67 bits per heavy atom. The third kappa shape index (κ3) is 3.93. The van der Waals surface area contributed by atoms with Crippen molar-refractivity contribution in [2.24, 2.45) is 0 Å². The van der Waals surface area contributed by atoms with Crippen LogP contribution in [0.1, 0.15) is 18.6 Å². The summed E-state index contributed by atoms with van der Waals surface area (Å²) in [6.07, 6.45) is 2.61. The van der Waals surface area contributed by atoms with Gasteiger partial charge in [0.2, 0.25) is 11.8 Å². The van der Waals surface area contributed by atoms with Crippen molar-refractivity contribution in [2.75, 3.05) is 43.4 Å². The minimum absolute atomic E-state index is 0.224. The quantitative estimate of drug-likeness (QED) is 0.368. The van der Waals surface area contributed by atoms with E-state index in [0.717, 1.165) is 25.0 Å². The molecule has 1 saturated heterocycles. The monoisotopic (exact) mass is 491 g/mol. The fourth-order valence-electron chi connectivity index (χ4n) is 4.62. The normalized spacial score (nSPS) is 15.8. The van der Waals surface area contributed by atoms with E-state index < -0.39 is 6.10 Å². The molecule has 11 nitrogen and oxygen atoms in total. The lowest BCUT2D eigenvalue weighted by atomic mass is 10.1. The molecule has 0 saturated carbocycles.